The molecule has 4 rings (SSSR count). The van der Waals surface area contributed by atoms with Crippen LogP contribution in [0.5, 0.6) is 17.2 Å². The van der Waals surface area contributed by atoms with Crippen LogP contribution in [0.4, 0.5) is 13.2 Å². The van der Waals surface area contributed by atoms with E-state index >= 15 is 0 Å². The largest absolute Gasteiger partial charge is 0.492 e. The molecule has 0 fully saturated rings. The Hall–Kier alpha value is -3.16. The van der Waals surface area contributed by atoms with Crippen LogP contribution in [0.25, 0.3) is 10.9 Å². The maximum Gasteiger partial charge on any atom is 0.454 e. The predicted octanol–water partition coefficient (Wildman–Crippen LogP) is 4.50. The van der Waals surface area contributed by atoms with Gasteiger partial charge in [0.05, 0.1) is 12.1 Å². The van der Waals surface area contributed by atoms with Crippen molar-refractivity contribution < 1.29 is 32.2 Å². The number of rotatable bonds is 5. The van der Waals surface area contributed by atoms with Gasteiger partial charge in [-0.15, -0.1) is 0 Å². The zero-order valence-electron chi connectivity index (χ0n) is 14.9. The summed E-state index contributed by atoms with van der Waals surface area (Å²) in [6.45, 7) is 2.16. The number of halogens is 3. The highest BCUT2D eigenvalue weighted by molar-refractivity contribution is 6.12. The molecular formula is C20H16F3NO4. The molecule has 1 aliphatic heterocycles. The van der Waals surface area contributed by atoms with Gasteiger partial charge in [0.1, 0.15) is 12.4 Å². The van der Waals surface area contributed by atoms with Gasteiger partial charge in [-0.3, -0.25) is 4.79 Å². The molecule has 0 N–H and O–H groups in total. The van der Waals surface area contributed by atoms with E-state index in [0.29, 0.717) is 22.8 Å². The third-order valence-corrected chi connectivity index (χ3v) is 4.64. The van der Waals surface area contributed by atoms with Crippen LogP contribution in [0.1, 0.15) is 16.1 Å². The molecule has 0 bridgehead atoms. The minimum atomic E-state index is -4.93. The van der Waals surface area contributed by atoms with E-state index in [1.165, 1.54) is 13.0 Å². The van der Waals surface area contributed by atoms with Crippen molar-refractivity contribution in [1.29, 1.82) is 0 Å². The molecule has 0 spiro atoms. The van der Waals surface area contributed by atoms with Gasteiger partial charge in [0.2, 0.25) is 6.79 Å². The second-order valence-corrected chi connectivity index (χ2v) is 6.32. The zero-order chi connectivity index (χ0) is 19.9. The van der Waals surface area contributed by atoms with Gasteiger partial charge < -0.3 is 18.8 Å². The molecule has 8 heteroatoms. The predicted molar refractivity (Wildman–Crippen MR) is 95.1 cm³/mol. The van der Waals surface area contributed by atoms with Gasteiger partial charge in [0, 0.05) is 22.7 Å². The maximum absolute atomic E-state index is 13.0. The number of fused-ring (bicyclic) bond motifs is 2. The summed E-state index contributed by atoms with van der Waals surface area (Å²) in [7, 11) is 0. The van der Waals surface area contributed by atoms with E-state index < -0.39 is 12.0 Å². The highest BCUT2D eigenvalue weighted by Crippen LogP contribution is 2.35. The number of ether oxygens (including phenoxy) is 3. The van der Waals surface area contributed by atoms with Gasteiger partial charge in [-0.2, -0.15) is 13.2 Å². The van der Waals surface area contributed by atoms with Crippen LogP contribution in [0.15, 0.2) is 42.5 Å². The van der Waals surface area contributed by atoms with E-state index in [1.54, 1.807) is 41.0 Å². The smallest absolute Gasteiger partial charge is 0.454 e. The van der Waals surface area contributed by atoms with E-state index in [-0.39, 0.29) is 36.6 Å². The fourth-order valence-electron chi connectivity index (χ4n) is 3.37. The van der Waals surface area contributed by atoms with Crippen LogP contribution in [-0.4, -0.2) is 29.9 Å². The van der Waals surface area contributed by atoms with Crippen LogP contribution in [0, 0.1) is 6.92 Å². The number of carbonyl (C=O) groups is 1. The second-order valence-electron chi connectivity index (χ2n) is 6.32. The lowest BCUT2D eigenvalue weighted by Gasteiger charge is -2.11. The molecule has 0 saturated heterocycles. The lowest BCUT2D eigenvalue weighted by Crippen LogP contribution is -2.23. The van der Waals surface area contributed by atoms with Crippen molar-refractivity contribution in [3.63, 3.8) is 0 Å². The van der Waals surface area contributed by atoms with Crippen LogP contribution in [0.3, 0.4) is 0 Å². The van der Waals surface area contributed by atoms with Crippen LogP contribution >= 0.6 is 0 Å². The third-order valence-electron chi connectivity index (χ3n) is 4.64. The molecular weight excluding hydrogens is 375 g/mol. The number of alkyl halides is 3. The Bertz CT molecular complexity index is 1060. The lowest BCUT2D eigenvalue weighted by molar-refractivity contribution is -0.0884. The molecule has 2 heterocycles. The Balaban J connectivity index is 1.59. The summed E-state index contributed by atoms with van der Waals surface area (Å²) < 4.78 is 57.0. The zero-order valence-corrected chi connectivity index (χ0v) is 14.9. The molecule has 0 atom stereocenters. The third kappa shape index (κ3) is 3.15. The first kappa shape index (κ1) is 18.2. The highest BCUT2D eigenvalue weighted by Gasteiger charge is 2.42. The van der Waals surface area contributed by atoms with E-state index in [4.69, 9.17) is 14.2 Å². The Morgan fingerprint density at radius 1 is 1.14 bits per heavy atom. The van der Waals surface area contributed by atoms with E-state index in [1.807, 2.05) is 0 Å². The first-order chi connectivity index (χ1) is 13.4. The van der Waals surface area contributed by atoms with Crippen molar-refractivity contribution in [1.82, 2.24) is 4.57 Å². The van der Waals surface area contributed by atoms with E-state index in [0.717, 1.165) is 0 Å². The number of aromatic nitrogens is 1. The molecule has 0 aliphatic carbocycles. The second kappa shape index (κ2) is 6.78. The number of hydrogen-bond acceptors (Lipinski definition) is 4. The summed E-state index contributed by atoms with van der Waals surface area (Å²) in [6, 6.07) is 11.7. The number of benzene rings is 2. The SMILES string of the molecule is Cc1c(C(=O)C(F)(F)F)c2ccccc2n1CCOc1ccc2c(c1)OCO2. The first-order valence-corrected chi connectivity index (χ1v) is 8.58. The monoisotopic (exact) mass is 391 g/mol. The van der Waals surface area contributed by atoms with Gasteiger partial charge >= 0.3 is 6.18 Å². The number of ketones is 1. The Kier molecular flexibility index (Phi) is 4.41. The topological polar surface area (TPSA) is 49.7 Å². The minimum Gasteiger partial charge on any atom is -0.492 e. The van der Waals surface area contributed by atoms with E-state index in [9.17, 15) is 18.0 Å². The molecule has 0 amide bonds. The molecule has 3 aromatic rings. The molecule has 1 aliphatic rings. The molecule has 146 valence electrons. The number of Topliss-reactive ketones (excluding diaryl/α,β-unsaturated/α-hetero) is 1. The molecule has 0 radical (unpaired) electrons. The summed E-state index contributed by atoms with van der Waals surface area (Å²) in [5.74, 6) is -0.0605. The molecule has 2 aromatic carbocycles. The number of nitrogens with zero attached hydrogens (tertiary/aromatic N) is 1. The molecule has 0 unspecified atom stereocenters. The Morgan fingerprint density at radius 3 is 2.68 bits per heavy atom. The number of para-hydroxylation sites is 1. The first-order valence-electron chi connectivity index (χ1n) is 8.58. The summed E-state index contributed by atoms with van der Waals surface area (Å²) in [5.41, 5.74) is 0.505. The number of carbonyl (C=O) groups excluding carboxylic acids is 1. The van der Waals surface area contributed by atoms with Crippen molar-refractivity contribution in [2.45, 2.75) is 19.6 Å². The average Bonchev–Trinajstić information content (AvgIpc) is 3.23. The van der Waals surface area contributed by atoms with Gasteiger partial charge in [-0.05, 0) is 25.1 Å². The van der Waals surface area contributed by atoms with Crippen LogP contribution in [-0.2, 0) is 6.54 Å². The standard InChI is InChI=1S/C20H16F3NO4/c1-12-18(19(25)20(21,22)23)14-4-2-3-5-15(14)24(12)8-9-26-13-6-7-16-17(10-13)28-11-27-16/h2-7,10H,8-9,11H2,1H3. The van der Waals surface area contributed by atoms with Gasteiger partial charge in [0.25, 0.3) is 5.78 Å². The minimum absolute atomic E-state index is 0.156. The van der Waals surface area contributed by atoms with Crippen molar-refractivity contribution in [2.24, 2.45) is 0 Å². The lowest BCUT2D eigenvalue weighted by atomic mass is 10.1. The Labute approximate surface area is 158 Å². The molecule has 0 saturated carbocycles. The fraction of sp³-hybridized carbons (Fsp3) is 0.250. The summed E-state index contributed by atoms with van der Waals surface area (Å²) in [4.78, 5) is 11.9. The Morgan fingerprint density at radius 2 is 1.89 bits per heavy atom. The van der Waals surface area contributed by atoms with Gasteiger partial charge in [-0.25, -0.2) is 0 Å². The molecule has 5 nitrogen and oxygen atoms in total. The van der Waals surface area contributed by atoms with Gasteiger partial charge in [-0.1, -0.05) is 18.2 Å². The van der Waals surface area contributed by atoms with Crippen molar-refractivity contribution in [3.8, 4) is 17.2 Å². The van der Waals surface area contributed by atoms with Crippen molar-refractivity contribution >= 4 is 16.7 Å². The summed E-state index contributed by atoms with van der Waals surface area (Å²) >= 11 is 0. The quantitative estimate of drug-likeness (QED) is 0.601. The van der Waals surface area contributed by atoms with Crippen molar-refractivity contribution in [3.05, 3.63) is 53.7 Å². The van der Waals surface area contributed by atoms with Crippen LogP contribution < -0.4 is 14.2 Å². The highest BCUT2D eigenvalue weighted by atomic mass is 19.4. The molecule has 28 heavy (non-hydrogen) atoms. The van der Waals surface area contributed by atoms with Crippen LogP contribution in [0.2, 0.25) is 0 Å². The van der Waals surface area contributed by atoms with E-state index in [2.05, 4.69) is 0 Å². The summed E-state index contributed by atoms with van der Waals surface area (Å²) in [5, 5.41) is 0.283. The van der Waals surface area contributed by atoms with Gasteiger partial charge in [0.15, 0.2) is 11.5 Å². The summed E-state index contributed by atoms with van der Waals surface area (Å²) in [6.07, 6.45) is -4.93. The normalized spacial score (nSPS) is 13.1. The van der Waals surface area contributed by atoms with Crippen molar-refractivity contribution in [2.75, 3.05) is 13.4 Å². The number of hydrogen-bond donors (Lipinski definition) is 0. The average molecular weight is 391 g/mol. The maximum atomic E-state index is 13.0. The fourth-order valence-corrected chi connectivity index (χ4v) is 3.37. The molecule has 1 aromatic heterocycles.